The molecule has 3 atom stereocenters. The number of fused-ring (bicyclic) bond motifs is 3. The average molecular weight is 290 g/mol. The van der Waals surface area contributed by atoms with Crippen molar-refractivity contribution in [3.05, 3.63) is 24.0 Å². The molecular formula is C15H18N2O2S. The van der Waals surface area contributed by atoms with E-state index in [9.17, 15) is 8.42 Å². The third kappa shape index (κ3) is 1.79. The van der Waals surface area contributed by atoms with Crippen LogP contribution in [0.1, 0.15) is 37.4 Å². The number of sulfone groups is 1. The fraction of sp³-hybridized carbons (Fsp3) is 0.533. The van der Waals surface area contributed by atoms with E-state index in [0.29, 0.717) is 16.3 Å². The van der Waals surface area contributed by atoms with Gasteiger partial charge in [-0.05, 0) is 43.2 Å². The second kappa shape index (κ2) is 4.07. The molecule has 1 N–H and O–H groups in total. The van der Waals surface area contributed by atoms with E-state index in [2.05, 4.69) is 9.97 Å². The number of nitrogens with one attached hydrogen (secondary N) is 1. The Kier molecular flexibility index (Phi) is 2.52. The van der Waals surface area contributed by atoms with Gasteiger partial charge in [0.2, 0.25) is 0 Å². The van der Waals surface area contributed by atoms with Crippen LogP contribution in [0.3, 0.4) is 0 Å². The quantitative estimate of drug-likeness (QED) is 0.925. The van der Waals surface area contributed by atoms with Crippen molar-refractivity contribution in [3.8, 4) is 0 Å². The van der Waals surface area contributed by atoms with E-state index in [1.165, 1.54) is 31.9 Å². The van der Waals surface area contributed by atoms with Crippen LogP contribution < -0.4 is 0 Å². The van der Waals surface area contributed by atoms with Crippen LogP contribution in [-0.4, -0.2) is 24.6 Å². The highest BCUT2D eigenvalue weighted by molar-refractivity contribution is 7.91. The molecule has 2 aliphatic carbocycles. The van der Waals surface area contributed by atoms with Crippen LogP contribution in [0.4, 0.5) is 0 Å². The zero-order valence-corrected chi connectivity index (χ0v) is 12.3. The van der Waals surface area contributed by atoms with Gasteiger partial charge in [0.25, 0.3) is 0 Å². The molecule has 5 heteroatoms. The Morgan fingerprint density at radius 1 is 1.25 bits per heavy atom. The van der Waals surface area contributed by atoms with Crippen LogP contribution in [0.25, 0.3) is 11.0 Å². The topological polar surface area (TPSA) is 62.8 Å². The third-order valence-electron chi connectivity index (χ3n) is 4.98. The number of imidazole rings is 1. The summed E-state index contributed by atoms with van der Waals surface area (Å²) in [7, 11) is -3.23. The fourth-order valence-corrected chi connectivity index (χ4v) is 4.91. The molecule has 4 rings (SSSR count). The van der Waals surface area contributed by atoms with Gasteiger partial charge in [0, 0.05) is 12.2 Å². The number of aromatic nitrogens is 2. The molecule has 0 radical (unpaired) electrons. The van der Waals surface area contributed by atoms with E-state index >= 15 is 0 Å². The summed E-state index contributed by atoms with van der Waals surface area (Å²) in [5, 5.41) is 0. The second-order valence-corrected chi connectivity index (χ2v) is 8.31. The molecule has 2 saturated carbocycles. The summed E-state index contributed by atoms with van der Waals surface area (Å²) in [6.45, 7) is 0. The number of hydrogen-bond acceptors (Lipinski definition) is 3. The van der Waals surface area contributed by atoms with Crippen LogP contribution in [0.5, 0.6) is 0 Å². The predicted octanol–water partition coefficient (Wildman–Crippen LogP) is 2.87. The summed E-state index contributed by atoms with van der Waals surface area (Å²) in [6, 6.07) is 5.33. The van der Waals surface area contributed by atoms with Crippen molar-refractivity contribution in [2.75, 3.05) is 6.26 Å². The van der Waals surface area contributed by atoms with Gasteiger partial charge >= 0.3 is 0 Å². The molecule has 2 fully saturated rings. The first-order valence-electron chi connectivity index (χ1n) is 7.21. The molecule has 2 aliphatic rings. The SMILES string of the molecule is CS(=O)(=O)c1cccc2[nH]c(C3CC4CCC3C4)nc12. The number of rotatable bonds is 2. The molecule has 2 bridgehead atoms. The molecule has 106 valence electrons. The summed E-state index contributed by atoms with van der Waals surface area (Å²) < 4.78 is 23.7. The maximum Gasteiger partial charge on any atom is 0.177 e. The molecule has 0 amide bonds. The monoisotopic (exact) mass is 290 g/mol. The van der Waals surface area contributed by atoms with Gasteiger partial charge < -0.3 is 4.98 Å². The van der Waals surface area contributed by atoms with Crippen molar-refractivity contribution in [1.29, 1.82) is 0 Å². The van der Waals surface area contributed by atoms with Crippen molar-refractivity contribution in [2.24, 2.45) is 11.8 Å². The van der Waals surface area contributed by atoms with Crippen molar-refractivity contribution in [1.82, 2.24) is 9.97 Å². The van der Waals surface area contributed by atoms with E-state index in [4.69, 9.17) is 0 Å². The molecular weight excluding hydrogens is 272 g/mol. The van der Waals surface area contributed by atoms with Crippen LogP contribution in [-0.2, 0) is 9.84 Å². The number of aromatic amines is 1. The Morgan fingerprint density at radius 3 is 2.75 bits per heavy atom. The molecule has 2 aromatic rings. The maximum atomic E-state index is 11.9. The molecule has 0 spiro atoms. The highest BCUT2D eigenvalue weighted by Crippen LogP contribution is 2.52. The zero-order chi connectivity index (χ0) is 13.9. The largest absolute Gasteiger partial charge is 0.342 e. The normalized spacial score (nSPS) is 29.4. The van der Waals surface area contributed by atoms with Gasteiger partial charge in [-0.1, -0.05) is 12.5 Å². The number of para-hydroxylation sites is 1. The van der Waals surface area contributed by atoms with E-state index < -0.39 is 9.84 Å². The maximum absolute atomic E-state index is 11.9. The third-order valence-corrected chi connectivity index (χ3v) is 6.11. The van der Waals surface area contributed by atoms with Crippen LogP contribution in [0.2, 0.25) is 0 Å². The summed E-state index contributed by atoms with van der Waals surface area (Å²) in [5.41, 5.74) is 1.44. The van der Waals surface area contributed by atoms with Gasteiger partial charge in [0.15, 0.2) is 9.84 Å². The van der Waals surface area contributed by atoms with Crippen molar-refractivity contribution < 1.29 is 8.42 Å². The number of nitrogens with zero attached hydrogens (tertiary/aromatic N) is 1. The predicted molar refractivity (Wildman–Crippen MR) is 77.4 cm³/mol. The summed E-state index contributed by atoms with van der Waals surface area (Å²) >= 11 is 0. The Labute approximate surface area is 118 Å². The molecule has 4 nitrogen and oxygen atoms in total. The standard InChI is InChI=1S/C15H18N2O2S/c1-20(18,19)13-4-2-3-12-14(13)17-15(16-12)11-8-9-5-6-10(11)7-9/h2-4,9-11H,5-8H2,1H3,(H,16,17). The highest BCUT2D eigenvalue weighted by Gasteiger charge is 2.41. The second-order valence-electron chi connectivity index (χ2n) is 6.33. The first-order valence-corrected chi connectivity index (χ1v) is 9.10. The average Bonchev–Trinajstić information content (AvgIpc) is 3.10. The molecule has 20 heavy (non-hydrogen) atoms. The lowest BCUT2D eigenvalue weighted by molar-refractivity contribution is 0.408. The zero-order valence-electron chi connectivity index (χ0n) is 11.5. The molecule has 3 unspecified atom stereocenters. The Bertz CT molecular complexity index is 778. The molecule has 0 aliphatic heterocycles. The molecule has 1 heterocycles. The number of H-pyrrole nitrogens is 1. The van der Waals surface area contributed by atoms with E-state index in [0.717, 1.165) is 23.2 Å². The molecule has 1 aromatic heterocycles. The lowest BCUT2D eigenvalue weighted by atomic mass is 9.88. The van der Waals surface area contributed by atoms with Gasteiger partial charge in [-0.15, -0.1) is 0 Å². The van der Waals surface area contributed by atoms with E-state index in [1.54, 1.807) is 12.1 Å². The lowest BCUT2D eigenvalue weighted by Crippen LogP contribution is -2.09. The minimum absolute atomic E-state index is 0.334. The van der Waals surface area contributed by atoms with Crippen LogP contribution >= 0.6 is 0 Å². The van der Waals surface area contributed by atoms with Gasteiger partial charge in [-0.3, -0.25) is 0 Å². The van der Waals surface area contributed by atoms with Crippen LogP contribution in [0.15, 0.2) is 23.1 Å². The smallest absolute Gasteiger partial charge is 0.177 e. The van der Waals surface area contributed by atoms with Gasteiger partial charge in [-0.25, -0.2) is 13.4 Å². The van der Waals surface area contributed by atoms with Crippen molar-refractivity contribution >= 4 is 20.9 Å². The highest BCUT2D eigenvalue weighted by atomic mass is 32.2. The summed E-state index contributed by atoms with van der Waals surface area (Å²) in [5.74, 6) is 3.08. The van der Waals surface area contributed by atoms with Crippen molar-refractivity contribution in [2.45, 2.75) is 36.5 Å². The Balaban J connectivity index is 1.83. The van der Waals surface area contributed by atoms with Crippen LogP contribution in [0, 0.1) is 11.8 Å². The van der Waals surface area contributed by atoms with Crippen molar-refractivity contribution in [3.63, 3.8) is 0 Å². The summed E-state index contributed by atoms with van der Waals surface area (Å²) in [6.07, 6.45) is 6.42. The number of hydrogen-bond donors (Lipinski definition) is 1. The minimum Gasteiger partial charge on any atom is -0.342 e. The van der Waals surface area contributed by atoms with E-state index in [1.807, 2.05) is 6.07 Å². The first-order chi connectivity index (χ1) is 9.52. The van der Waals surface area contributed by atoms with Gasteiger partial charge in [-0.2, -0.15) is 0 Å². The Hall–Kier alpha value is -1.36. The first kappa shape index (κ1) is 12.4. The van der Waals surface area contributed by atoms with Gasteiger partial charge in [0.1, 0.15) is 11.3 Å². The summed E-state index contributed by atoms with van der Waals surface area (Å²) in [4.78, 5) is 8.34. The minimum atomic E-state index is -3.23. The lowest BCUT2D eigenvalue weighted by Gasteiger charge is -2.19. The van der Waals surface area contributed by atoms with Gasteiger partial charge in [0.05, 0.1) is 10.4 Å². The number of benzene rings is 1. The Morgan fingerprint density at radius 2 is 2.10 bits per heavy atom. The molecule has 0 saturated heterocycles. The fourth-order valence-electron chi connectivity index (χ4n) is 4.08. The van der Waals surface area contributed by atoms with E-state index in [-0.39, 0.29) is 0 Å². The molecule has 1 aromatic carbocycles.